The summed E-state index contributed by atoms with van der Waals surface area (Å²) in [5, 5.41) is 2.98. The van der Waals surface area contributed by atoms with Crippen molar-refractivity contribution < 1.29 is 17.3 Å². The monoisotopic (exact) mass is 408 g/mol. The molecule has 4 aromatic rings. The molecule has 1 atom stereocenters. The summed E-state index contributed by atoms with van der Waals surface area (Å²) in [6.07, 6.45) is 1.48. The summed E-state index contributed by atoms with van der Waals surface area (Å²) in [4.78, 5) is 4.41. The van der Waals surface area contributed by atoms with Crippen LogP contribution in [0, 0.1) is 6.92 Å². The maximum absolute atomic E-state index is 13.3. The molecule has 7 heteroatoms. The van der Waals surface area contributed by atoms with Gasteiger partial charge in [-0.1, -0.05) is 48.0 Å². The molecule has 0 spiro atoms. The molecule has 1 N–H and O–H groups in total. The van der Waals surface area contributed by atoms with Crippen LogP contribution >= 0.6 is 0 Å². The predicted molar refractivity (Wildman–Crippen MR) is 109 cm³/mol. The zero-order chi connectivity index (χ0) is 20.4. The van der Waals surface area contributed by atoms with Crippen molar-refractivity contribution in [3.63, 3.8) is 0 Å². The van der Waals surface area contributed by atoms with Gasteiger partial charge in [-0.3, -0.25) is 0 Å². The molecule has 0 saturated heterocycles. The summed E-state index contributed by atoms with van der Waals surface area (Å²) < 4.78 is 37.7. The fourth-order valence-electron chi connectivity index (χ4n) is 2.94. The normalized spacial score (nSPS) is 12.6. The molecule has 0 aliphatic rings. The van der Waals surface area contributed by atoms with E-state index in [1.807, 2.05) is 44.2 Å². The van der Waals surface area contributed by atoms with Crippen LogP contribution in [0.3, 0.4) is 0 Å². The van der Waals surface area contributed by atoms with Gasteiger partial charge in [-0.05, 0) is 43.7 Å². The first-order valence-electron chi connectivity index (χ1n) is 9.13. The van der Waals surface area contributed by atoms with Crippen LogP contribution in [0.25, 0.3) is 11.7 Å². The standard InChI is InChI=1S/C22H20N2O4S/c1-15-10-12-18(13-11-15)29(25,26)22-21(23-16(2)17-7-4-3-5-8-17)28-20(24-22)19-9-6-14-27-19/h3-14,16,23H,1-2H3/t16-/m0/s1. The Balaban J connectivity index is 1.78. The third-order valence-electron chi connectivity index (χ3n) is 4.56. The van der Waals surface area contributed by atoms with Gasteiger partial charge in [0.05, 0.1) is 17.2 Å². The highest BCUT2D eigenvalue weighted by Crippen LogP contribution is 2.34. The smallest absolute Gasteiger partial charge is 0.266 e. The van der Waals surface area contributed by atoms with Crippen molar-refractivity contribution in [1.29, 1.82) is 0 Å². The van der Waals surface area contributed by atoms with E-state index in [9.17, 15) is 8.42 Å². The molecule has 6 nitrogen and oxygen atoms in total. The van der Waals surface area contributed by atoms with Gasteiger partial charge in [0.2, 0.25) is 20.7 Å². The highest BCUT2D eigenvalue weighted by molar-refractivity contribution is 7.91. The molecule has 0 aliphatic heterocycles. The molecule has 4 rings (SSSR count). The van der Waals surface area contributed by atoms with Gasteiger partial charge in [0.1, 0.15) is 0 Å². The number of hydrogen-bond acceptors (Lipinski definition) is 6. The number of aryl methyl sites for hydroxylation is 1. The minimum Gasteiger partial charge on any atom is -0.459 e. The van der Waals surface area contributed by atoms with Crippen LogP contribution in [-0.2, 0) is 9.84 Å². The van der Waals surface area contributed by atoms with E-state index in [1.54, 1.807) is 36.4 Å². The van der Waals surface area contributed by atoms with Gasteiger partial charge in [0.15, 0.2) is 5.76 Å². The van der Waals surface area contributed by atoms with Crippen LogP contribution in [0.1, 0.15) is 24.1 Å². The number of benzene rings is 2. The van der Waals surface area contributed by atoms with E-state index in [0.29, 0.717) is 5.76 Å². The molecule has 0 bridgehead atoms. The van der Waals surface area contributed by atoms with E-state index in [2.05, 4.69) is 10.3 Å². The van der Waals surface area contributed by atoms with E-state index in [1.165, 1.54) is 6.26 Å². The predicted octanol–water partition coefficient (Wildman–Crippen LogP) is 5.25. The van der Waals surface area contributed by atoms with Gasteiger partial charge in [-0.2, -0.15) is 4.98 Å². The molecule has 0 aliphatic carbocycles. The van der Waals surface area contributed by atoms with Crippen molar-refractivity contribution in [2.24, 2.45) is 0 Å². The van der Waals surface area contributed by atoms with Crippen LogP contribution in [0.2, 0.25) is 0 Å². The fourth-order valence-corrected chi connectivity index (χ4v) is 4.20. The summed E-state index contributed by atoms with van der Waals surface area (Å²) >= 11 is 0. The first-order chi connectivity index (χ1) is 13.9. The lowest BCUT2D eigenvalue weighted by Gasteiger charge is -2.14. The van der Waals surface area contributed by atoms with Gasteiger partial charge in [0, 0.05) is 0 Å². The molecule has 29 heavy (non-hydrogen) atoms. The second-order valence-electron chi connectivity index (χ2n) is 6.72. The van der Waals surface area contributed by atoms with Gasteiger partial charge in [-0.25, -0.2) is 8.42 Å². The number of sulfone groups is 1. The second-order valence-corrected chi connectivity index (χ2v) is 8.59. The summed E-state index contributed by atoms with van der Waals surface area (Å²) in [6, 6.07) is 19.5. The highest BCUT2D eigenvalue weighted by Gasteiger charge is 2.30. The quantitative estimate of drug-likeness (QED) is 0.469. The van der Waals surface area contributed by atoms with Crippen LogP contribution in [0.15, 0.2) is 91.7 Å². The lowest BCUT2D eigenvalue weighted by Crippen LogP contribution is -2.10. The number of nitrogens with zero attached hydrogens (tertiary/aromatic N) is 1. The molecular weight excluding hydrogens is 388 g/mol. The second kappa shape index (κ2) is 7.60. The van der Waals surface area contributed by atoms with E-state index >= 15 is 0 Å². The first kappa shape index (κ1) is 19.0. The lowest BCUT2D eigenvalue weighted by molar-refractivity contribution is 0.520. The molecule has 2 aromatic heterocycles. The molecular formula is C22H20N2O4S. The number of nitrogens with one attached hydrogen (secondary N) is 1. The Morgan fingerprint density at radius 3 is 2.34 bits per heavy atom. The number of hydrogen-bond donors (Lipinski definition) is 1. The third kappa shape index (κ3) is 3.82. The molecule has 0 fully saturated rings. The van der Waals surface area contributed by atoms with E-state index in [4.69, 9.17) is 8.83 Å². The fraction of sp³-hybridized carbons (Fsp3) is 0.136. The Hall–Kier alpha value is -3.32. The number of oxazole rings is 1. The summed E-state index contributed by atoms with van der Waals surface area (Å²) in [6.45, 7) is 3.82. The largest absolute Gasteiger partial charge is 0.459 e. The zero-order valence-electron chi connectivity index (χ0n) is 16.0. The minimum atomic E-state index is -3.89. The van der Waals surface area contributed by atoms with Crippen LogP contribution in [-0.4, -0.2) is 13.4 Å². The van der Waals surface area contributed by atoms with Crippen molar-refractivity contribution >= 4 is 15.7 Å². The Labute approximate surface area is 169 Å². The summed E-state index contributed by atoms with van der Waals surface area (Å²) in [5.74, 6) is 0.530. The molecule has 0 unspecified atom stereocenters. The van der Waals surface area contributed by atoms with E-state index in [-0.39, 0.29) is 27.7 Å². The number of rotatable bonds is 6. The van der Waals surface area contributed by atoms with E-state index in [0.717, 1.165) is 11.1 Å². The molecule has 0 radical (unpaired) electrons. The Morgan fingerprint density at radius 2 is 1.69 bits per heavy atom. The number of furan rings is 1. The average Bonchev–Trinajstić information content (AvgIpc) is 3.39. The third-order valence-corrected chi connectivity index (χ3v) is 6.24. The molecule has 148 valence electrons. The van der Waals surface area contributed by atoms with Gasteiger partial charge in [-0.15, -0.1) is 0 Å². The van der Waals surface area contributed by atoms with E-state index < -0.39 is 9.84 Å². The average molecular weight is 408 g/mol. The van der Waals surface area contributed by atoms with Crippen LogP contribution in [0.5, 0.6) is 0 Å². The van der Waals surface area contributed by atoms with Crippen LogP contribution < -0.4 is 5.32 Å². The van der Waals surface area contributed by atoms with Crippen molar-refractivity contribution in [1.82, 2.24) is 4.98 Å². The lowest BCUT2D eigenvalue weighted by atomic mass is 10.1. The van der Waals surface area contributed by atoms with Crippen molar-refractivity contribution in [3.8, 4) is 11.7 Å². The Kier molecular flexibility index (Phi) is 4.98. The zero-order valence-corrected chi connectivity index (χ0v) is 16.8. The van der Waals surface area contributed by atoms with Crippen molar-refractivity contribution in [3.05, 3.63) is 84.1 Å². The maximum atomic E-state index is 13.3. The number of anilines is 1. The molecule has 2 heterocycles. The van der Waals surface area contributed by atoms with Gasteiger partial charge in [0.25, 0.3) is 5.89 Å². The molecule has 2 aromatic carbocycles. The topological polar surface area (TPSA) is 85.3 Å². The molecule has 0 amide bonds. The van der Waals surface area contributed by atoms with Crippen molar-refractivity contribution in [2.75, 3.05) is 5.32 Å². The minimum absolute atomic E-state index is 0.0772. The Bertz CT molecular complexity index is 1200. The summed E-state index contributed by atoms with van der Waals surface area (Å²) in [7, 11) is -3.89. The van der Waals surface area contributed by atoms with Gasteiger partial charge >= 0.3 is 0 Å². The Morgan fingerprint density at radius 1 is 0.966 bits per heavy atom. The highest BCUT2D eigenvalue weighted by atomic mass is 32.2. The molecule has 0 saturated carbocycles. The van der Waals surface area contributed by atoms with Crippen molar-refractivity contribution in [2.45, 2.75) is 29.8 Å². The van der Waals surface area contributed by atoms with Gasteiger partial charge < -0.3 is 14.2 Å². The SMILES string of the molecule is Cc1ccc(S(=O)(=O)c2nc(-c3ccco3)oc2N[C@@H](C)c2ccccc2)cc1. The van der Waals surface area contributed by atoms with Crippen LogP contribution in [0.4, 0.5) is 5.88 Å². The summed E-state index contributed by atoms with van der Waals surface area (Å²) in [5.41, 5.74) is 1.96. The maximum Gasteiger partial charge on any atom is 0.266 e. The first-order valence-corrected chi connectivity index (χ1v) is 10.6. The number of aromatic nitrogens is 1.